The van der Waals surface area contributed by atoms with Gasteiger partial charge in [0.05, 0.1) is 6.04 Å². The molecule has 5 nitrogen and oxygen atoms in total. The van der Waals surface area contributed by atoms with Gasteiger partial charge in [-0.3, -0.25) is 14.5 Å². The molecule has 0 aromatic carbocycles. The van der Waals surface area contributed by atoms with Gasteiger partial charge < -0.3 is 10.6 Å². The van der Waals surface area contributed by atoms with Crippen LogP contribution in [0.2, 0.25) is 0 Å². The zero-order chi connectivity index (χ0) is 15.7. The molecule has 1 aliphatic carbocycles. The van der Waals surface area contributed by atoms with E-state index >= 15 is 0 Å². The first-order chi connectivity index (χ1) is 10.1. The van der Waals surface area contributed by atoms with E-state index < -0.39 is 0 Å². The average molecular weight is 297 g/mol. The molecule has 0 aliphatic heterocycles. The van der Waals surface area contributed by atoms with Crippen LogP contribution in [0.3, 0.4) is 0 Å². The van der Waals surface area contributed by atoms with Gasteiger partial charge in [-0.05, 0) is 32.4 Å². The topological polar surface area (TPSA) is 61.4 Å². The van der Waals surface area contributed by atoms with E-state index in [1.807, 2.05) is 6.92 Å². The number of rotatable bonds is 9. The Morgan fingerprint density at radius 3 is 2.14 bits per heavy atom. The monoisotopic (exact) mass is 297 g/mol. The highest BCUT2D eigenvalue weighted by molar-refractivity contribution is 5.82. The van der Waals surface area contributed by atoms with Gasteiger partial charge in [0.25, 0.3) is 0 Å². The number of carbonyl (C=O) groups is 2. The van der Waals surface area contributed by atoms with Crippen LogP contribution < -0.4 is 10.6 Å². The standard InChI is InChI=1S/C16H31N3O2/c1-4-14(19(5-2)6-3)16(21)18-12-11-17-15(20)13-9-7-8-10-13/h13-14H,4-12H2,1-3H3,(H,17,20)(H,18,21)/t14-/m0/s1. The number of nitrogens with one attached hydrogen (secondary N) is 2. The number of nitrogens with zero attached hydrogens (tertiary/aromatic N) is 1. The Kier molecular flexibility index (Phi) is 8.35. The highest BCUT2D eigenvalue weighted by atomic mass is 16.2. The summed E-state index contributed by atoms with van der Waals surface area (Å²) in [5.41, 5.74) is 0. The van der Waals surface area contributed by atoms with E-state index in [4.69, 9.17) is 0 Å². The van der Waals surface area contributed by atoms with Crippen molar-refractivity contribution in [1.29, 1.82) is 0 Å². The number of hydrogen-bond acceptors (Lipinski definition) is 3. The second kappa shape index (κ2) is 9.77. The number of amides is 2. The molecule has 0 bridgehead atoms. The first-order valence-electron chi connectivity index (χ1n) is 8.43. The van der Waals surface area contributed by atoms with Crippen molar-refractivity contribution in [3.05, 3.63) is 0 Å². The molecule has 1 aliphatic rings. The van der Waals surface area contributed by atoms with Gasteiger partial charge in [-0.2, -0.15) is 0 Å². The Morgan fingerprint density at radius 2 is 1.62 bits per heavy atom. The van der Waals surface area contributed by atoms with Crippen LogP contribution in [0.5, 0.6) is 0 Å². The normalized spacial score (nSPS) is 17.0. The molecule has 0 unspecified atom stereocenters. The molecule has 1 fully saturated rings. The van der Waals surface area contributed by atoms with E-state index in [0.29, 0.717) is 13.1 Å². The van der Waals surface area contributed by atoms with Gasteiger partial charge in [-0.1, -0.05) is 33.6 Å². The average Bonchev–Trinajstić information content (AvgIpc) is 3.02. The summed E-state index contributed by atoms with van der Waals surface area (Å²) in [6, 6.07) is -0.0643. The summed E-state index contributed by atoms with van der Waals surface area (Å²) < 4.78 is 0. The lowest BCUT2D eigenvalue weighted by molar-refractivity contribution is -0.127. The van der Waals surface area contributed by atoms with Crippen LogP contribution in [-0.2, 0) is 9.59 Å². The molecule has 1 atom stereocenters. The van der Waals surface area contributed by atoms with E-state index in [0.717, 1.165) is 45.2 Å². The first kappa shape index (κ1) is 18.0. The quantitative estimate of drug-likeness (QED) is 0.635. The third-order valence-electron chi connectivity index (χ3n) is 4.39. The molecule has 0 spiro atoms. The molecule has 1 saturated carbocycles. The minimum absolute atomic E-state index is 0.0643. The highest BCUT2D eigenvalue weighted by Crippen LogP contribution is 2.24. The van der Waals surface area contributed by atoms with Gasteiger partial charge in [-0.25, -0.2) is 0 Å². The summed E-state index contributed by atoms with van der Waals surface area (Å²) in [4.78, 5) is 26.2. The maximum Gasteiger partial charge on any atom is 0.237 e. The van der Waals surface area contributed by atoms with Crippen molar-refractivity contribution in [2.45, 2.75) is 58.9 Å². The summed E-state index contributed by atoms with van der Waals surface area (Å²) in [6.07, 6.45) is 5.16. The van der Waals surface area contributed by atoms with Crippen LogP contribution in [0.25, 0.3) is 0 Å². The smallest absolute Gasteiger partial charge is 0.237 e. The largest absolute Gasteiger partial charge is 0.354 e. The van der Waals surface area contributed by atoms with Crippen molar-refractivity contribution >= 4 is 11.8 Å². The molecule has 5 heteroatoms. The number of likely N-dealkylation sites (N-methyl/N-ethyl adjacent to an activating group) is 1. The molecule has 0 aromatic heterocycles. The van der Waals surface area contributed by atoms with E-state index in [9.17, 15) is 9.59 Å². The fourth-order valence-electron chi connectivity index (χ4n) is 3.10. The Labute approximate surface area is 128 Å². The van der Waals surface area contributed by atoms with E-state index in [1.54, 1.807) is 0 Å². The fraction of sp³-hybridized carbons (Fsp3) is 0.875. The van der Waals surface area contributed by atoms with Crippen molar-refractivity contribution in [3.63, 3.8) is 0 Å². The predicted molar refractivity (Wildman–Crippen MR) is 85.0 cm³/mol. The van der Waals surface area contributed by atoms with Crippen LogP contribution in [0, 0.1) is 5.92 Å². The van der Waals surface area contributed by atoms with Crippen LogP contribution in [0.4, 0.5) is 0 Å². The summed E-state index contributed by atoms with van der Waals surface area (Å²) in [7, 11) is 0. The lowest BCUT2D eigenvalue weighted by Crippen LogP contribution is -2.48. The van der Waals surface area contributed by atoms with Gasteiger partial charge in [0.2, 0.25) is 11.8 Å². The van der Waals surface area contributed by atoms with E-state index in [1.165, 1.54) is 0 Å². The number of hydrogen-bond donors (Lipinski definition) is 2. The lowest BCUT2D eigenvalue weighted by Gasteiger charge is -2.27. The molecule has 0 aromatic rings. The molecule has 2 amide bonds. The van der Waals surface area contributed by atoms with Crippen LogP contribution in [0.1, 0.15) is 52.9 Å². The molecule has 0 saturated heterocycles. The summed E-state index contributed by atoms with van der Waals surface area (Å²) >= 11 is 0. The van der Waals surface area contributed by atoms with Crippen molar-refractivity contribution in [2.24, 2.45) is 5.92 Å². The Balaban J connectivity index is 2.23. The van der Waals surface area contributed by atoms with Crippen molar-refractivity contribution < 1.29 is 9.59 Å². The van der Waals surface area contributed by atoms with Crippen molar-refractivity contribution in [1.82, 2.24) is 15.5 Å². The maximum atomic E-state index is 12.2. The Morgan fingerprint density at radius 1 is 1.05 bits per heavy atom. The zero-order valence-corrected chi connectivity index (χ0v) is 13.8. The summed E-state index contributed by atoms with van der Waals surface area (Å²) in [5.74, 6) is 0.411. The Bertz CT molecular complexity index is 323. The summed E-state index contributed by atoms with van der Waals surface area (Å²) in [6.45, 7) is 8.96. The zero-order valence-electron chi connectivity index (χ0n) is 13.8. The third kappa shape index (κ3) is 5.65. The van der Waals surface area contributed by atoms with Gasteiger partial charge in [0.15, 0.2) is 0 Å². The van der Waals surface area contributed by atoms with Crippen LogP contribution >= 0.6 is 0 Å². The predicted octanol–water partition coefficient (Wildman–Crippen LogP) is 1.53. The van der Waals surface area contributed by atoms with E-state index in [2.05, 4.69) is 29.4 Å². The van der Waals surface area contributed by atoms with E-state index in [-0.39, 0.29) is 23.8 Å². The molecule has 1 rings (SSSR count). The first-order valence-corrected chi connectivity index (χ1v) is 8.43. The fourth-order valence-corrected chi connectivity index (χ4v) is 3.10. The molecular formula is C16H31N3O2. The summed E-state index contributed by atoms with van der Waals surface area (Å²) in [5, 5.41) is 5.86. The van der Waals surface area contributed by atoms with Crippen LogP contribution in [0.15, 0.2) is 0 Å². The molecule has 0 radical (unpaired) electrons. The lowest BCUT2D eigenvalue weighted by atomic mass is 10.1. The number of carbonyl (C=O) groups excluding carboxylic acids is 2. The van der Waals surface area contributed by atoms with Crippen molar-refractivity contribution in [3.8, 4) is 0 Å². The Hall–Kier alpha value is -1.10. The molecular weight excluding hydrogens is 266 g/mol. The van der Waals surface area contributed by atoms with Gasteiger partial charge in [-0.15, -0.1) is 0 Å². The maximum absolute atomic E-state index is 12.2. The second-order valence-corrected chi connectivity index (χ2v) is 5.71. The third-order valence-corrected chi connectivity index (χ3v) is 4.39. The molecule has 21 heavy (non-hydrogen) atoms. The second-order valence-electron chi connectivity index (χ2n) is 5.71. The molecule has 2 N–H and O–H groups in total. The minimum Gasteiger partial charge on any atom is -0.354 e. The highest BCUT2D eigenvalue weighted by Gasteiger charge is 2.23. The molecule has 0 heterocycles. The molecule has 122 valence electrons. The van der Waals surface area contributed by atoms with Crippen molar-refractivity contribution in [2.75, 3.05) is 26.2 Å². The van der Waals surface area contributed by atoms with Gasteiger partial charge in [0, 0.05) is 19.0 Å². The minimum atomic E-state index is -0.0643. The van der Waals surface area contributed by atoms with Crippen LogP contribution in [-0.4, -0.2) is 48.9 Å². The van der Waals surface area contributed by atoms with Gasteiger partial charge >= 0.3 is 0 Å². The van der Waals surface area contributed by atoms with Gasteiger partial charge in [0.1, 0.15) is 0 Å². The SMILES string of the molecule is CC[C@@H](C(=O)NCCNC(=O)C1CCCC1)N(CC)CC.